The van der Waals surface area contributed by atoms with Crippen molar-refractivity contribution in [2.75, 3.05) is 12.4 Å². The summed E-state index contributed by atoms with van der Waals surface area (Å²) in [7, 11) is 1.55. The third-order valence-electron chi connectivity index (χ3n) is 4.40. The van der Waals surface area contributed by atoms with E-state index in [1.807, 2.05) is 25.1 Å². The first-order valence-corrected chi connectivity index (χ1v) is 9.44. The molecule has 6 heteroatoms. The Hall–Kier alpha value is -4.37. The molecular weight excluding hydrogens is 392 g/mol. The first kappa shape index (κ1) is 21.3. The van der Waals surface area contributed by atoms with Crippen LogP contribution in [0.3, 0.4) is 0 Å². The third-order valence-corrected chi connectivity index (χ3v) is 4.40. The molecule has 0 aromatic heterocycles. The lowest BCUT2D eigenvalue weighted by atomic mass is 10.1. The van der Waals surface area contributed by atoms with Crippen molar-refractivity contribution in [1.82, 2.24) is 0 Å². The van der Waals surface area contributed by atoms with Crippen LogP contribution in [0.2, 0.25) is 0 Å². The number of nitriles is 1. The molecule has 3 rings (SSSR count). The molecule has 0 aliphatic carbocycles. The Morgan fingerprint density at radius 1 is 0.903 bits per heavy atom. The molecule has 0 spiro atoms. The molecule has 0 aliphatic rings. The van der Waals surface area contributed by atoms with E-state index in [1.54, 1.807) is 67.8 Å². The van der Waals surface area contributed by atoms with Gasteiger partial charge in [-0.2, -0.15) is 5.26 Å². The highest BCUT2D eigenvalue weighted by atomic mass is 16.5. The van der Waals surface area contributed by atoms with E-state index < -0.39 is 11.9 Å². The zero-order valence-electron chi connectivity index (χ0n) is 17.1. The number of nitrogens with one attached hydrogen (secondary N) is 1. The molecule has 154 valence electrons. The van der Waals surface area contributed by atoms with Gasteiger partial charge in [0.05, 0.1) is 12.7 Å². The number of hydrogen-bond acceptors (Lipinski definition) is 5. The molecule has 0 radical (unpaired) electrons. The smallest absolute Gasteiger partial charge is 0.343 e. The predicted octanol–water partition coefficient (Wildman–Crippen LogP) is 4.77. The van der Waals surface area contributed by atoms with Gasteiger partial charge in [-0.15, -0.1) is 0 Å². The van der Waals surface area contributed by atoms with Gasteiger partial charge in [0, 0.05) is 5.69 Å². The maximum absolute atomic E-state index is 12.4. The fourth-order valence-electron chi connectivity index (χ4n) is 2.68. The Morgan fingerprint density at radius 2 is 1.52 bits per heavy atom. The average Bonchev–Trinajstić information content (AvgIpc) is 2.79. The van der Waals surface area contributed by atoms with Crippen molar-refractivity contribution >= 4 is 23.6 Å². The van der Waals surface area contributed by atoms with E-state index in [0.29, 0.717) is 28.3 Å². The van der Waals surface area contributed by atoms with Gasteiger partial charge in [0.25, 0.3) is 5.91 Å². The second-order valence-electron chi connectivity index (χ2n) is 6.68. The number of esters is 1. The lowest BCUT2D eigenvalue weighted by Gasteiger charge is -2.06. The van der Waals surface area contributed by atoms with E-state index in [0.717, 1.165) is 5.56 Å². The Bertz CT molecular complexity index is 1140. The highest BCUT2D eigenvalue weighted by Crippen LogP contribution is 2.18. The minimum absolute atomic E-state index is 0.0554. The lowest BCUT2D eigenvalue weighted by Crippen LogP contribution is -2.13. The molecule has 0 heterocycles. The summed E-state index contributed by atoms with van der Waals surface area (Å²) in [6.45, 7) is 1.94. The molecule has 0 saturated heterocycles. The number of benzene rings is 3. The minimum atomic E-state index is -0.525. The molecule has 0 fully saturated rings. The zero-order chi connectivity index (χ0) is 22.2. The Balaban J connectivity index is 1.66. The average molecular weight is 412 g/mol. The van der Waals surface area contributed by atoms with Gasteiger partial charge in [-0.05, 0) is 67.1 Å². The molecule has 0 aliphatic heterocycles. The summed E-state index contributed by atoms with van der Waals surface area (Å²) >= 11 is 0. The lowest BCUT2D eigenvalue weighted by molar-refractivity contribution is -0.112. The first-order valence-electron chi connectivity index (χ1n) is 9.44. The second kappa shape index (κ2) is 9.90. The van der Waals surface area contributed by atoms with Crippen molar-refractivity contribution in [2.45, 2.75) is 6.92 Å². The summed E-state index contributed by atoms with van der Waals surface area (Å²) in [4.78, 5) is 24.6. The van der Waals surface area contributed by atoms with E-state index in [1.165, 1.54) is 6.08 Å². The van der Waals surface area contributed by atoms with Crippen LogP contribution in [0, 0.1) is 18.3 Å². The molecule has 0 bridgehead atoms. The van der Waals surface area contributed by atoms with Crippen LogP contribution in [-0.4, -0.2) is 19.0 Å². The van der Waals surface area contributed by atoms with Crippen molar-refractivity contribution < 1.29 is 19.1 Å². The molecule has 0 unspecified atom stereocenters. The number of methoxy groups -OCH3 is 1. The van der Waals surface area contributed by atoms with Crippen molar-refractivity contribution in [3.05, 3.63) is 95.1 Å². The maximum Gasteiger partial charge on any atom is 0.343 e. The normalized spacial score (nSPS) is 10.7. The fraction of sp³-hybridized carbons (Fsp3) is 0.0800. The van der Waals surface area contributed by atoms with Crippen LogP contribution in [0.25, 0.3) is 6.08 Å². The summed E-state index contributed by atoms with van der Waals surface area (Å²) in [6.07, 6.45) is 1.46. The van der Waals surface area contributed by atoms with Crippen LogP contribution in [0.5, 0.6) is 11.5 Å². The maximum atomic E-state index is 12.4. The highest BCUT2D eigenvalue weighted by Gasteiger charge is 2.11. The minimum Gasteiger partial charge on any atom is -0.497 e. The van der Waals surface area contributed by atoms with Gasteiger partial charge in [-0.1, -0.05) is 29.8 Å². The summed E-state index contributed by atoms with van der Waals surface area (Å²) in [6, 6.07) is 22.3. The quantitative estimate of drug-likeness (QED) is 0.273. The largest absolute Gasteiger partial charge is 0.497 e. The highest BCUT2D eigenvalue weighted by molar-refractivity contribution is 6.09. The van der Waals surface area contributed by atoms with Crippen LogP contribution < -0.4 is 14.8 Å². The molecule has 3 aromatic carbocycles. The molecule has 0 saturated carbocycles. The molecule has 1 N–H and O–H groups in total. The second-order valence-corrected chi connectivity index (χ2v) is 6.68. The van der Waals surface area contributed by atoms with Gasteiger partial charge < -0.3 is 14.8 Å². The molecule has 31 heavy (non-hydrogen) atoms. The Kier molecular flexibility index (Phi) is 6.82. The van der Waals surface area contributed by atoms with Gasteiger partial charge in [-0.25, -0.2) is 4.79 Å². The Morgan fingerprint density at radius 3 is 2.10 bits per heavy atom. The summed E-state index contributed by atoms with van der Waals surface area (Å²) in [5.41, 5.74) is 2.62. The molecule has 1 amide bonds. The van der Waals surface area contributed by atoms with Crippen LogP contribution in [0.1, 0.15) is 21.5 Å². The topological polar surface area (TPSA) is 88.4 Å². The number of aryl methyl sites for hydroxylation is 1. The van der Waals surface area contributed by atoms with Gasteiger partial charge >= 0.3 is 5.97 Å². The summed E-state index contributed by atoms with van der Waals surface area (Å²) < 4.78 is 10.4. The van der Waals surface area contributed by atoms with Crippen LogP contribution in [0.4, 0.5) is 5.69 Å². The number of carbonyl (C=O) groups excluding carboxylic acids is 2. The number of rotatable bonds is 6. The van der Waals surface area contributed by atoms with Gasteiger partial charge in [-0.3, -0.25) is 4.79 Å². The van der Waals surface area contributed by atoms with E-state index in [-0.39, 0.29) is 5.57 Å². The number of nitrogens with zero attached hydrogens (tertiary/aromatic N) is 1. The van der Waals surface area contributed by atoms with Crippen molar-refractivity contribution in [3.8, 4) is 17.6 Å². The van der Waals surface area contributed by atoms with Crippen molar-refractivity contribution in [3.63, 3.8) is 0 Å². The fourth-order valence-corrected chi connectivity index (χ4v) is 2.68. The first-order chi connectivity index (χ1) is 15.0. The van der Waals surface area contributed by atoms with E-state index in [4.69, 9.17) is 9.47 Å². The number of anilines is 1. The zero-order valence-corrected chi connectivity index (χ0v) is 17.1. The van der Waals surface area contributed by atoms with Crippen molar-refractivity contribution in [2.24, 2.45) is 0 Å². The van der Waals surface area contributed by atoms with E-state index in [9.17, 15) is 14.9 Å². The SMILES string of the molecule is COc1ccc(NC(=O)/C(C#N)=C/c2ccc(OC(=O)c3ccc(C)cc3)cc2)cc1. The summed E-state index contributed by atoms with van der Waals surface area (Å²) in [5, 5.41) is 12.0. The van der Waals surface area contributed by atoms with Crippen LogP contribution >= 0.6 is 0 Å². The number of ether oxygens (including phenoxy) is 2. The number of amides is 1. The summed E-state index contributed by atoms with van der Waals surface area (Å²) in [5.74, 6) is 0.0450. The monoisotopic (exact) mass is 412 g/mol. The predicted molar refractivity (Wildman–Crippen MR) is 118 cm³/mol. The van der Waals surface area contributed by atoms with Gasteiger partial charge in [0.1, 0.15) is 23.1 Å². The molecule has 6 nitrogen and oxygen atoms in total. The van der Waals surface area contributed by atoms with Crippen LogP contribution in [-0.2, 0) is 4.79 Å². The van der Waals surface area contributed by atoms with E-state index >= 15 is 0 Å². The third kappa shape index (κ3) is 5.81. The molecule has 0 atom stereocenters. The van der Waals surface area contributed by atoms with E-state index in [2.05, 4.69) is 5.32 Å². The molecule has 3 aromatic rings. The van der Waals surface area contributed by atoms with Crippen molar-refractivity contribution in [1.29, 1.82) is 5.26 Å². The van der Waals surface area contributed by atoms with Gasteiger partial charge in [0.2, 0.25) is 0 Å². The number of hydrogen-bond donors (Lipinski definition) is 1. The number of carbonyl (C=O) groups is 2. The standard InChI is InChI=1S/C25H20N2O4/c1-17-3-7-19(8-4-17)25(29)31-23-11-5-18(6-12-23)15-20(16-26)24(28)27-21-9-13-22(30-2)14-10-21/h3-15H,1-2H3,(H,27,28)/b20-15+. The van der Waals surface area contributed by atoms with Crippen LogP contribution in [0.15, 0.2) is 78.4 Å². The Labute approximate surface area is 180 Å². The molecular formula is C25H20N2O4. The van der Waals surface area contributed by atoms with Gasteiger partial charge in [0.15, 0.2) is 0 Å².